The van der Waals surface area contributed by atoms with Gasteiger partial charge in [0.05, 0.1) is 37.4 Å². The van der Waals surface area contributed by atoms with Crippen LogP contribution < -0.4 is 14.2 Å². The Hall–Kier alpha value is -3.89. The average Bonchev–Trinajstić information content (AvgIpc) is 2.87. The van der Waals surface area contributed by atoms with Gasteiger partial charge in [-0.1, -0.05) is 24.3 Å². The molecular formula is C25H26N2O7S. The van der Waals surface area contributed by atoms with Gasteiger partial charge in [-0.15, -0.1) is 0 Å². The minimum Gasteiger partial charge on any atom is -0.504 e. The largest absolute Gasteiger partial charge is 0.504 e. The monoisotopic (exact) mass is 498 g/mol. The maximum absolute atomic E-state index is 12.6. The number of benzene rings is 3. The summed E-state index contributed by atoms with van der Waals surface area (Å²) in [5.74, 6) is 1.07. The molecule has 0 radical (unpaired) electrons. The Bertz CT molecular complexity index is 1320. The summed E-state index contributed by atoms with van der Waals surface area (Å²) < 4.78 is 44.0. The molecule has 0 amide bonds. The first-order chi connectivity index (χ1) is 16.8. The van der Waals surface area contributed by atoms with E-state index < -0.39 is 14.9 Å². The van der Waals surface area contributed by atoms with E-state index >= 15 is 0 Å². The van der Waals surface area contributed by atoms with Crippen LogP contribution in [0, 0.1) is 10.1 Å². The number of nitrogens with zero attached hydrogens (tertiary/aromatic N) is 1. The van der Waals surface area contributed by atoms with E-state index in [9.17, 15) is 18.5 Å². The van der Waals surface area contributed by atoms with Gasteiger partial charge in [0.25, 0.3) is 5.69 Å². The van der Waals surface area contributed by atoms with Gasteiger partial charge in [0.15, 0.2) is 11.5 Å². The fourth-order valence-corrected chi connectivity index (χ4v) is 4.59. The number of ether oxygens (including phenoxy) is 3. The summed E-state index contributed by atoms with van der Waals surface area (Å²) in [6.07, 6.45) is 3.79. The van der Waals surface area contributed by atoms with Gasteiger partial charge >= 0.3 is 0 Å². The molecule has 0 heterocycles. The van der Waals surface area contributed by atoms with Crippen LogP contribution in [-0.4, -0.2) is 41.2 Å². The maximum atomic E-state index is 12.6. The van der Waals surface area contributed by atoms with Crippen LogP contribution in [0.4, 0.5) is 5.69 Å². The maximum Gasteiger partial charge on any atom is 0.269 e. The lowest BCUT2D eigenvalue weighted by Crippen LogP contribution is -2.26. The number of nitrogens with one attached hydrogen (secondary N) is 1. The van der Waals surface area contributed by atoms with Gasteiger partial charge < -0.3 is 14.2 Å². The Labute approximate surface area is 204 Å². The van der Waals surface area contributed by atoms with Crippen LogP contribution in [0.15, 0.2) is 71.8 Å². The molecular weight excluding hydrogens is 472 g/mol. The zero-order valence-corrected chi connectivity index (χ0v) is 20.4. The Morgan fingerprint density at radius 2 is 1.69 bits per heavy atom. The second-order valence-corrected chi connectivity index (χ2v) is 9.17. The fraction of sp³-hybridized carbons (Fsp3) is 0.200. The third-order valence-electron chi connectivity index (χ3n) is 5.24. The van der Waals surface area contributed by atoms with Crippen molar-refractivity contribution < 1.29 is 27.6 Å². The zero-order chi connectivity index (χ0) is 25.4. The molecule has 0 spiro atoms. The predicted molar refractivity (Wildman–Crippen MR) is 133 cm³/mol. The van der Waals surface area contributed by atoms with E-state index in [2.05, 4.69) is 4.72 Å². The predicted octanol–water partition coefficient (Wildman–Crippen LogP) is 4.42. The Kier molecular flexibility index (Phi) is 8.45. The summed E-state index contributed by atoms with van der Waals surface area (Å²) >= 11 is 0. The van der Waals surface area contributed by atoms with E-state index in [-0.39, 0.29) is 17.1 Å². The minimum atomic E-state index is -3.83. The van der Waals surface area contributed by atoms with E-state index in [1.807, 2.05) is 36.4 Å². The Balaban J connectivity index is 1.87. The van der Waals surface area contributed by atoms with E-state index in [1.54, 1.807) is 33.7 Å². The number of hydrogen-bond donors (Lipinski definition) is 1. The number of nitro benzene ring substituents is 1. The first-order valence-electron chi connectivity index (χ1n) is 10.6. The lowest BCUT2D eigenvalue weighted by molar-refractivity contribution is -0.384. The number of sulfonamides is 1. The molecule has 35 heavy (non-hydrogen) atoms. The van der Waals surface area contributed by atoms with Crippen LogP contribution in [0.25, 0.3) is 17.2 Å². The summed E-state index contributed by atoms with van der Waals surface area (Å²) in [6.45, 7) is 0.111. The highest BCUT2D eigenvalue weighted by atomic mass is 32.2. The van der Waals surface area contributed by atoms with Gasteiger partial charge in [-0.05, 0) is 53.5 Å². The van der Waals surface area contributed by atoms with Crippen LogP contribution in [0.5, 0.6) is 11.5 Å². The molecule has 1 N–H and O–H groups in total. The van der Waals surface area contributed by atoms with Gasteiger partial charge in [-0.3, -0.25) is 10.1 Å². The summed E-state index contributed by atoms with van der Waals surface area (Å²) in [7, 11) is 0.842. The smallest absolute Gasteiger partial charge is 0.269 e. The van der Waals surface area contributed by atoms with Gasteiger partial charge in [-0.2, -0.15) is 0 Å². The number of rotatable bonds is 11. The molecule has 3 rings (SSSR count). The van der Waals surface area contributed by atoms with Gasteiger partial charge in [0, 0.05) is 24.2 Å². The van der Waals surface area contributed by atoms with Crippen molar-refractivity contribution in [3.8, 4) is 22.6 Å². The quantitative estimate of drug-likeness (QED) is 0.236. The van der Waals surface area contributed by atoms with Crippen molar-refractivity contribution in [2.75, 3.05) is 27.9 Å². The van der Waals surface area contributed by atoms with Crippen molar-refractivity contribution in [3.63, 3.8) is 0 Å². The lowest BCUT2D eigenvalue weighted by Gasteiger charge is -2.17. The van der Waals surface area contributed by atoms with Crippen molar-refractivity contribution >= 4 is 21.8 Å². The molecule has 3 aromatic rings. The fourth-order valence-electron chi connectivity index (χ4n) is 3.55. The van der Waals surface area contributed by atoms with Crippen molar-refractivity contribution in [1.29, 1.82) is 0 Å². The highest BCUT2D eigenvalue weighted by Crippen LogP contribution is 2.41. The lowest BCUT2D eigenvalue weighted by atomic mass is 9.95. The SMILES string of the molecule is CO/C=C/c1ccccc1-c1cc(CCNS(=O)(=O)c2ccc([N+](=O)[O-])cc2)cc(OC)c1OC. The molecule has 0 aliphatic rings. The van der Waals surface area contributed by atoms with Crippen LogP contribution in [0.3, 0.4) is 0 Å². The third-order valence-corrected chi connectivity index (χ3v) is 6.71. The topological polar surface area (TPSA) is 117 Å². The number of non-ortho nitro benzene ring substituents is 1. The average molecular weight is 499 g/mol. The van der Waals surface area contributed by atoms with E-state index in [1.165, 1.54) is 12.1 Å². The van der Waals surface area contributed by atoms with Crippen molar-refractivity contribution in [2.45, 2.75) is 11.3 Å². The van der Waals surface area contributed by atoms with Gasteiger partial charge in [-0.25, -0.2) is 13.1 Å². The summed E-state index contributed by atoms with van der Waals surface area (Å²) in [6, 6.07) is 16.2. The van der Waals surface area contributed by atoms with Gasteiger partial charge in [0.1, 0.15) is 0 Å². The molecule has 0 bridgehead atoms. The molecule has 0 aliphatic carbocycles. The first-order valence-corrected chi connectivity index (χ1v) is 12.1. The number of nitro groups is 1. The summed E-state index contributed by atoms with van der Waals surface area (Å²) in [5.41, 5.74) is 3.24. The Morgan fingerprint density at radius 1 is 0.971 bits per heavy atom. The zero-order valence-electron chi connectivity index (χ0n) is 19.6. The molecule has 3 aromatic carbocycles. The molecule has 0 fully saturated rings. The van der Waals surface area contributed by atoms with E-state index in [0.717, 1.165) is 34.4 Å². The van der Waals surface area contributed by atoms with Gasteiger partial charge in [0.2, 0.25) is 10.0 Å². The minimum absolute atomic E-state index is 0.0463. The first kappa shape index (κ1) is 25.7. The molecule has 10 heteroatoms. The third kappa shape index (κ3) is 6.17. The molecule has 0 unspecified atom stereocenters. The van der Waals surface area contributed by atoms with Crippen molar-refractivity contribution in [3.05, 3.63) is 88.2 Å². The highest BCUT2D eigenvalue weighted by molar-refractivity contribution is 7.89. The normalized spacial score (nSPS) is 11.4. The molecule has 0 aromatic heterocycles. The molecule has 0 saturated heterocycles. The number of hydrogen-bond acceptors (Lipinski definition) is 7. The second-order valence-electron chi connectivity index (χ2n) is 7.40. The summed E-state index contributed by atoms with van der Waals surface area (Å²) in [4.78, 5) is 10.2. The van der Waals surface area contributed by atoms with E-state index in [4.69, 9.17) is 14.2 Å². The number of methoxy groups -OCH3 is 3. The van der Waals surface area contributed by atoms with Crippen LogP contribution in [0.1, 0.15) is 11.1 Å². The standard InChI is InChI=1S/C25H26N2O7S/c1-32-15-13-19-6-4-5-7-22(19)23-16-18(17-24(33-2)25(23)34-3)12-14-26-35(30,31)21-10-8-20(9-11-21)27(28)29/h4-11,13,15-17,26H,12,14H2,1-3H3/b15-13+. The molecule has 0 aliphatic heterocycles. The van der Waals surface area contributed by atoms with Crippen LogP contribution >= 0.6 is 0 Å². The highest BCUT2D eigenvalue weighted by Gasteiger charge is 2.18. The van der Waals surface area contributed by atoms with Crippen molar-refractivity contribution in [2.24, 2.45) is 0 Å². The molecule has 184 valence electrons. The Morgan fingerprint density at radius 3 is 2.31 bits per heavy atom. The summed E-state index contributed by atoms with van der Waals surface area (Å²) in [5, 5.41) is 10.8. The second kappa shape index (κ2) is 11.5. The van der Waals surface area contributed by atoms with E-state index in [0.29, 0.717) is 17.9 Å². The van der Waals surface area contributed by atoms with Crippen molar-refractivity contribution in [1.82, 2.24) is 4.72 Å². The molecule has 0 saturated carbocycles. The molecule has 0 atom stereocenters. The molecule has 9 nitrogen and oxygen atoms in total. The van der Waals surface area contributed by atoms with Crippen LogP contribution in [-0.2, 0) is 21.2 Å². The van der Waals surface area contributed by atoms with Crippen LogP contribution in [0.2, 0.25) is 0 Å².